The van der Waals surface area contributed by atoms with Gasteiger partial charge in [-0.2, -0.15) is 0 Å². The Labute approximate surface area is 120 Å². The van der Waals surface area contributed by atoms with E-state index in [1.807, 2.05) is 36.4 Å². The van der Waals surface area contributed by atoms with Crippen LogP contribution in [-0.2, 0) is 0 Å². The molecule has 0 aliphatic carbocycles. The fraction of sp³-hybridized carbons (Fsp3) is 0.462. The maximum absolute atomic E-state index is 12.9. The summed E-state index contributed by atoms with van der Waals surface area (Å²) in [5.41, 5.74) is 0.425. The van der Waals surface area contributed by atoms with Gasteiger partial charge in [0.15, 0.2) is 0 Å². The first-order chi connectivity index (χ1) is 8.40. The van der Waals surface area contributed by atoms with Crippen molar-refractivity contribution in [1.29, 1.82) is 0 Å². The van der Waals surface area contributed by atoms with E-state index in [0.717, 1.165) is 0 Å². The molecular formula is C13H17FINO2. The third-order valence-corrected chi connectivity index (χ3v) is 3.31. The lowest BCUT2D eigenvalue weighted by atomic mass is 10.1. The Morgan fingerprint density at radius 2 is 2.17 bits per heavy atom. The van der Waals surface area contributed by atoms with Crippen LogP contribution < -0.4 is 5.32 Å². The van der Waals surface area contributed by atoms with E-state index >= 15 is 0 Å². The molecule has 0 heterocycles. The second-order valence-corrected chi connectivity index (χ2v) is 5.78. The van der Waals surface area contributed by atoms with Crippen LogP contribution in [0.4, 0.5) is 4.39 Å². The Balaban J connectivity index is 2.55. The Morgan fingerprint density at radius 1 is 1.50 bits per heavy atom. The van der Waals surface area contributed by atoms with Gasteiger partial charge in [-0.3, -0.25) is 4.79 Å². The SMILES string of the molecule is CC(C)CC(O)CNC(=O)c1ccc(F)cc1I. The normalized spacial score (nSPS) is 12.6. The maximum atomic E-state index is 12.9. The van der Waals surface area contributed by atoms with E-state index in [-0.39, 0.29) is 18.3 Å². The molecule has 0 saturated carbocycles. The van der Waals surface area contributed by atoms with Gasteiger partial charge in [-0.1, -0.05) is 13.8 Å². The highest BCUT2D eigenvalue weighted by Crippen LogP contribution is 2.13. The first-order valence-corrected chi connectivity index (χ1v) is 6.89. The van der Waals surface area contributed by atoms with Crippen LogP contribution in [0.1, 0.15) is 30.6 Å². The summed E-state index contributed by atoms with van der Waals surface area (Å²) in [4.78, 5) is 11.8. The number of hydrogen-bond acceptors (Lipinski definition) is 2. The lowest BCUT2D eigenvalue weighted by Crippen LogP contribution is -2.33. The molecule has 1 unspecified atom stereocenters. The molecule has 1 amide bonds. The Kier molecular flexibility index (Phi) is 6.01. The van der Waals surface area contributed by atoms with Gasteiger partial charge < -0.3 is 10.4 Å². The Morgan fingerprint density at radius 3 is 2.72 bits per heavy atom. The number of carbonyl (C=O) groups is 1. The van der Waals surface area contributed by atoms with Crippen LogP contribution >= 0.6 is 22.6 Å². The zero-order valence-corrected chi connectivity index (χ0v) is 12.6. The predicted octanol–water partition coefficient (Wildman–Crippen LogP) is 2.57. The fourth-order valence-electron chi connectivity index (χ4n) is 1.61. The highest BCUT2D eigenvalue weighted by Gasteiger charge is 2.13. The molecular weight excluding hydrogens is 348 g/mol. The summed E-state index contributed by atoms with van der Waals surface area (Å²) in [6.45, 7) is 4.23. The van der Waals surface area contributed by atoms with Crippen LogP contribution in [0.15, 0.2) is 18.2 Å². The third-order valence-electron chi connectivity index (χ3n) is 2.42. The number of nitrogens with one attached hydrogen (secondary N) is 1. The summed E-state index contributed by atoms with van der Waals surface area (Å²) in [6, 6.07) is 4.00. The van der Waals surface area contributed by atoms with Gasteiger partial charge in [0.1, 0.15) is 5.82 Å². The van der Waals surface area contributed by atoms with E-state index in [9.17, 15) is 14.3 Å². The second kappa shape index (κ2) is 7.04. The second-order valence-electron chi connectivity index (χ2n) is 4.62. The zero-order chi connectivity index (χ0) is 13.7. The minimum absolute atomic E-state index is 0.213. The molecule has 0 radical (unpaired) electrons. The molecule has 1 rings (SSSR count). The number of benzene rings is 1. The highest BCUT2D eigenvalue weighted by atomic mass is 127. The first-order valence-electron chi connectivity index (χ1n) is 5.81. The number of aliphatic hydroxyl groups is 1. The molecule has 0 fully saturated rings. The summed E-state index contributed by atoms with van der Waals surface area (Å²) in [5.74, 6) is -0.277. The van der Waals surface area contributed by atoms with Gasteiger partial charge >= 0.3 is 0 Å². The predicted molar refractivity (Wildman–Crippen MR) is 76.9 cm³/mol. The summed E-state index contributed by atoms with van der Waals surface area (Å²) in [5, 5.41) is 12.3. The van der Waals surface area contributed by atoms with Gasteiger partial charge in [0.25, 0.3) is 5.91 Å². The molecule has 1 aromatic rings. The smallest absolute Gasteiger partial charge is 0.252 e. The molecule has 0 aliphatic rings. The number of hydrogen-bond donors (Lipinski definition) is 2. The topological polar surface area (TPSA) is 49.3 Å². The van der Waals surface area contributed by atoms with Gasteiger partial charge in [-0.25, -0.2) is 4.39 Å². The van der Waals surface area contributed by atoms with Crippen LogP contribution in [0.2, 0.25) is 0 Å². The molecule has 1 atom stereocenters. The van der Waals surface area contributed by atoms with Crippen molar-refractivity contribution in [2.24, 2.45) is 5.92 Å². The van der Waals surface area contributed by atoms with Crippen molar-refractivity contribution in [3.8, 4) is 0 Å². The summed E-state index contributed by atoms with van der Waals surface area (Å²) in [6.07, 6.45) is 0.0907. The summed E-state index contributed by atoms with van der Waals surface area (Å²) in [7, 11) is 0. The van der Waals surface area contributed by atoms with Crippen LogP contribution in [-0.4, -0.2) is 23.7 Å². The average Bonchev–Trinajstić information content (AvgIpc) is 2.25. The van der Waals surface area contributed by atoms with Crippen molar-refractivity contribution in [3.05, 3.63) is 33.1 Å². The molecule has 0 aliphatic heterocycles. The molecule has 0 saturated heterocycles. The molecule has 0 bridgehead atoms. The van der Waals surface area contributed by atoms with E-state index in [2.05, 4.69) is 5.32 Å². The number of rotatable bonds is 5. The molecule has 5 heteroatoms. The van der Waals surface area contributed by atoms with E-state index in [1.54, 1.807) is 0 Å². The van der Waals surface area contributed by atoms with E-state index < -0.39 is 6.10 Å². The molecule has 0 spiro atoms. The number of halogens is 2. The lowest BCUT2D eigenvalue weighted by Gasteiger charge is -2.14. The van der Waals surface area contributed by atoms with Crippen LogP contribution in [0, 0.1) is 15.3 Å². The van der Waals surface area contributed by atoms with Gasteiger partial charge in [-0.15, -0.1) is 0 Å². The molecule has 0 aromatic heterocycles. The summed E-state index contributed by atoms with van der Waals surface area (Å²) >= 11 is 1.91. The van der Waals surface area contributed by atoms with Gasteiger partial charge in [-0.05, 0) is 53.1 Å². The monoisotopic (exact) mass is 365 g/mol. The Hall–Kier alpha value is -0.690. The van der Waals surface area contributed by atoms with Crippen LogP contribution in [0.25, 0.3) is 0 Å². The van der Waals surface area contributed by atoms with Gasteiger partial charge in [0.05, 0.1) is 11.7 Å². The fourth-order valence-corrected chi connectivity index (χ4v) is 2.33. The number of amides is 1. The zero-order valence-electron chi connectivity index (χ0n) is 10.4. The molecule has 2 N–H and O–H groups in total. The van der Waals surface area contributed by atoms with Gasteiger partial charge in [0, 0.05) is 10.1 Å². The van der Waals surface area contributed by atoms with Crippen molar-refractivity contribution >= 4 is 28.5 Å². The molecule has 1 aromatic carbocycles. The first kappa shape index (κ1) is 15.4. The van der Waals surface area contributed by atoms with Crippen LogP contribution in [0.5, 0.6) is 0 Å². The quantitative estimate of drug-likeness (QED) is 0.789. The highest BCUT2D eigenvalue weighted by molar-refractivity contribution is 14.1. The standard InChI is InChI=1S/C13H17FINO2/c1-8(2)5-10(17)7-16-13(18)11-4-3-9(14)6-12(11)15/h3-4,6,8,10,17H,5,7H2,1-2H3,(H,16,18). The maximum Gasteiger partial charge on any atom is 0.252 e. The third kappa shape index (κ3) is 4.89. The number of carbonyl (C=O) groups excluding carboxylic acids is 1. The van der Waals surface area contributed by atoms with Crippen molar-refractivity contribution < 1.29 is 14.3 Å². The lowest BCUT2D eigenvalue weighted by molar-refractivity contribution is 0.0899. The Bertz CT molecular complexity index is 423. The minimum atomic E-state index is -0.549. The van der Waals surface area contributed by atoms with Crippen molar-refractivity contribution in [2.75, 3.05) is 6.54 Å². The van der Waals surface area contributed by atoms with Crippen molar-refractivity contribution in [3.63, 3.8) is 0 Å². The summed E-state index contributed by atoms with van der Waals surface area (Å²) < 4.78 is 13.5. The van der Waals surface area contributed by atoms with Crippen LogP contribution in [0.3, 0.4) is 0 Å². The molecule has 18 heavy (non-hydrogen) atoms. The van der Waals surface area contributed by atoms with E-state index in [4.69, 9.17) is 0 Å². The van der Waals surface area contributed by atoms with Crippen molar-refractivity contribution in [1.82, 2.24) is 5.32 Å². The van der Waals surface area contributed by atoms with Crippen molar-refractivity contribution in [2.45, 2.75) is 26.4 Å². The molecule has 100 valence electrons. The minimum Gasteiger partial charge on any atom is -0.391 e. The van der Waals surface area contributed by atoms with Gasteiger partial charge in [0.2, 0.25) is 0 Å². The average molecular weight is 365 g/mol. The molecule has 3 nitrogen and oxygen atoms in total. The largest absolute Gasteiger partial charge is 0.391 e. The number of aliphatic hydroxyl groups excluding tert-OH is 1. The van der Waals surface area contributed by atoms with E-state index in [0.29, 0.717) is 21.5 Å². The van der Waals surface area contributed by atoms with E-state index in [1.165, 1.54) is 18.2 Å².